The van der Waals surface area contributed by atoms with Crippen molar-refractivity contribution in [2.75, 3.05) is 18.0 Å². The quantitative estimate of drug-likeness (QED) is 0.522. The van der Waals surface area contributed by atoms with Crippen molar-refractivity contribution < 1.29 is 31.1 Å². The van der Waals surface area contributed by atoms with Crippen LogP contribution in [0.3, 0.4) is 0 Å². The zero-order valence-corrected chi connectivity index (χ0v) is 14.7. The van der Waals surface area contributed by atoms with E-state index in [1.54, 1.807) is 0 Å². The van der Waals surface area contributed by atoms with Crippen LogP contribution in [0.4, 0.5) is 32.0 Å². The number of hydrogen-bond acceptors (Lipinski definition) is 2. The summed E-state index contributed by atoms with van der Waals surface area (Å²) in [5, 5.41) is 0. The number of alkyl halides is 3. The standard InChI is InChI=1S/C17H12BrF6NO/c18-14-10(19)3-4-13(25-5-1-2-6-25)16(14)26-15-11(20)7-9(8-12(15)21)17(22,23)24/h3-4,7-8H,1-2,5-6H2. The molecule has 0 aromatic heterocycles. The van der Waals surface area contributed by atoms with Crippen LogP contribution in [-0.4, -0.2) is 13.1 Å². The van der Waals surface area contributed by atoms with Gasteiger partial charge in [-0.2, -0.15) is 13.2 Å². The first kappa shape index (κ1) is 18.9. The van der Waals surface area contributed by atoms with Gasteiger partial charge < -0.3 is 9.64 Å². The Hall–Kier alpha value is -1.90. The first-order chi connectivity index (χ1) is 12.2. The lowest BCUT2D eigenvalue weighted by atomic mass is 10.2. The normalized spacial score (nSPS) is 14.8. The predicted molar refractivity (Wildman–Crippen MR) is 87.0 cm³/mol. The van der Waals surface area contributed by atoms with Crippen molar-refractivity contribution in [1.29, 1.82) is 0 Å². The molecule has 1 saturated heterocycles. The average molecular weight is 440 g/mol. The van der Waals surface area contributed by atoms with E-state index in [-0.39, 0.29) is 22.4 Å². The number of rotatable bonds is 3. The molecule has 1 fully saturated rings. The van der Waals surface area contributed by atoms with Gasteiger partial charge in [-0.25, -0.2) is 13.2 Å². The van der Waals surface area contributed by atoms with E-state index in [0.29, 0.717) is 18.8 Å². The summed E-state index contributed by atoms with van der Waals surface area (Å²) >= 11 is 2.98. The Morgan fingerprint density at radius 1 is 0.885 bits per heavy atom. The van der Waals surface area contributed by atoms with Crippen LogP contribution < -0.4 is 9.64 Å². The van der Waals surface area contributed by atoms with Crippen LogP contribution >= 0.6 is 15.9 Å². The van der Waals surface area contributed by atoms with E-state index < -0.39 is 34.9 Å². The fraction of sp³-hybridized carbons (Fsp3) is 0.294. The highest BCUT2D eigenvalue weighted by molar-refractivity contribution is 9.10. The third-order valence-electron chi connectivity index (χ3n) is 4.01. The second kappa shape index (κ2) is 7.02. The first-order valence-corrected chi connectivity index (χ1v) is 8.45. The van der Waals surface area contributed by atoms with Gasteiger partial charge in [0.15, 0.2) is 23.1 Å². The van der Waals surface area contributed by atoms with Crippen LogP contribution in [0.25, 0.3) is 0 Å². The Morgan fingerprint density at radius 2 is 1.46 bits per heavy atom. The number of anilines is 1. The van der Waals surface area contributed by atoms with Crippen molar-refractivity contribution >= 4 is 21.6 Å². The van der Waals surface area contributed by atoms with Gasteiger partial charge in [0.1, 0.15) is 5.82 Å². The molecule has 0 bridgehead atoms. The third-order valence-corrected chi connectivity index (χ3v) is 4.74. The minimum absolute atomic E-state index is 0.140. The van der Waals surface area contributed by atoms with E-state index in [0.717, 1.165) is 12.8 Å². The summed E-state index contributed by atoms with van der Waals surface area (Å²) in [6.07, 6.45) is -3.13. The van der Waals surface area contributed by atoms with Crippen molar-refractivity contribution in [2.45, 2.75) is 19.0 Å². The molecule has 26 heavy (non-hydrogen) atoms. The molecular weight excluding hydrogens is 428 g/mol. The summed E-state index contributed by atoms with van der Waals surface area (Å²) in [5.74, 6) is -4.99. The van der Waals surface area contributed by atoms with Gasteiger partial charge in [-0.05, 0) is 53.0 Å². The second-order valence-electron chi connectivity index (χ2n) is 5.77. The smallest absolute Gasteiger partial charge is 0.416 e. The molecule has 0 aliphatic carbocycles. The zero-order chi connectivity index (χ0) is 19.1. The summed E-state index contributed by atoms with van der Waals surface area (Å²) in [7, 11) is 0. The largest absolute Gasteiger partial charge is 0.448 e. The maximum absolute atomic E-state index is 14.1. The lowest BCUT2D eigenvalue weighted by Gasteiger charge is -2.22. The summed E-state index contributed by atoms with van der Waals surface area (Å²) in [6, 6.07) is 2.85. The van der Waals surface area contributed by atoms with E-state index >= 15 is 0 Å². The van der Waals surface area contributed by atoms with Crippen LogP contribution in [0.5, 0.6) is 11.5 Å². The lowest BCUT2D eigenvalue weighted by molar-refractivity contribution is -0.138. The summed E-state index contributed by atoms with van der Waals surface area (Å²) in [5.41, 5.74) is -1.08. The Kier molecular flexibility index (Phi) is 5.09. The monoisotopic (exact) mass is 439 g/mol. The van der Waals surface area contributed by atoms with Crippen molar-refractivity contribution in [3.8, 4) is 11.5 Å². The molecule has 2 aromatic rings. The molecule has 0 radical (unpaired) electrons. The van der Waals surface area contributed by atoms with Crippen LogP contribution in [0.2, 0.25) is 0 Å². The van der Waals surface area contributed by atoms with Crippen LogP contribution in [0, 0.1) is 17.5 Å². The molecule has 140 valence electrons. The minimum Gasteiger partial charge on any atom is -0.448 e. The molecule has 0 spiro atoms. The molecule has 1 aliphatic heterocycles. The van der Waals surface area contributed by atoms with Crippen molar-refractivity contribution in [2.24, 2.45) is 0 Å². The molecule has 9 heteroatoms. The first-order valence-electron chi connectivity index (χ1n) is 7.65. The predicted octanol–water partition coefficient (Wildman–Crippen LogP) is 6.28. The topological polar surface area (TPSA) is 12.5 Å². The molecule has 0 amide bonds. The van der Waals surface area contributed by atoms with Gasteiger partial charge in [-0.15, -0.1) is 0 Å². The summed E-state index contributed by atoms with van der Waals surface area (Å²) in [6.45, 7) is 1.29. The molecule has 1 heterocycles. The lowest BCUT2D eigenvalue weighted by Crippen LogP contribution is -2.18. The van der Waals surface area contributed by atoms with Gasteiger partial charge in [0, 0.05) is 13.1 Å². The number of halogens is 7. The Balaban J connectivity index is 2.05. The van der Waals surface area contributed by atoms with Gasteiger partial charge in [0.05, 0.1) is 15.7 Å². The number of ether oxygens (including phenoxy) is 1. The van der Waals surface area contributed by atoms with Crippen molar-refractivity contribution in [3.05, 3.63) is 51.8 Å². The molecule has 2 nitrogen and oxygen atoms in total. The van der Waals surface area contributed by atoms with Gasteiger partial charge in [0.2, 0.25) is 0 Å². The van der Waals surface area contributed by atoms with E-state index in [2.05, 4.69) is 15.9 Å². The fourth-order valence-corrected chi connectivity index (χ4v) is 3.17. The Labute approximate surface area is 153 Å². The molecule has 2 aromatic carbocycles. The van der Waals surface area contributed by atoms with Gasteiger partial charge >= 0.3 is 6.18 Å². The highest BCUT2D eigenvalue weighted by atomic mass is 79.9. The molecule has 0 N–H and O–H groups in total. The average Bonchev–Trinajstić information content (AvgIpc) is 3.07. The van der Waals surface area contributed by atoms with E-state index in [9.17, 15) is 26.3 Å². The summed E-state index contributed by atoms with van der Waals surface area (Å²) in [4.78, 5) is 1.85. The van der Waals surface area contributed by atoms with E-state index in [1.807, 2.05) is 4.90 Å². The van der Waals surface area contributed by atoms with Gasteiger partial charge in [0.25, 0.3) is 0 Å². The zero-order valence-electron chi connectivity index (χ0n) is 13.1. The molecule has 3 rings (SSSR count). The molecule has 0 unspecified atom stereocenters. The van der Waals surface area contributed by atoms with Crippen molar-refractivity contribution in [3.63, 3.8) is 0 Å². The molecule has 1 aliphatic rings. The maximum Gasteiger partial charge on any atom is 0.416 e. The van der Waals surface area contributed by atoms with Crippen LogP contribution in [0.15, 0.2) is 28.7 Å². The Bertz CT molecular complexity index is 810. The van der Waals surface area contributed by atoms with E-state index in [1.165, 1.54) is 12.1 Å². The summed E-state index contributed by atoms with van der Waals surface area (Å²) < 4.78 is 85.1. The third kappa shape index (κ3) is 3.62. The highest BCUT2D eigenvalue weighted by Crippen LogP contribution is 2.43. The highest BCUT2D eigenvalue weighted by Gasteiger charge is 2.33. The molecule has 0 atom stereocenters. The fourth-order valence-electron chi connectivity index (χ4n) is 2.75. The van der Waals surface area contributed by atoms with E-state index in [4.69, 9.17) is 4.74 Å². The van der Waals surface area contributed by atoms with Crippen molar-refractivity contribution in [1.82, 2.24) is 0 Å². The maximum atomic E-state index is 14.1. The minimum atomic E-state index is -4.90. The van der Waals surface area contributed by atoms with Gasteiger partial charge in [-0.3, -0.25) is 0 Å². The Morgan fingerprint density at radius 3 is 2.00 bits per heavy atom. The van der Waals surface area contributed by atoms with Gasteiger partial charge in [-0.1, -0.05) is 0 Å². The SMILES string of the molecule is Fc1ccc(N2CCCC2)c(Oc2c(F)cc(C(F)(F)F)cc2F)c1Br. The molecule has 0 saturated carbocycles. The number of benzene rings is 2. The van der Waals surface area contributed by atoms with Crippen LogP contribution in [-0.2, 0) is 6.18 Å². The van der Waals surface area contributed by atoms with Crippen LogP contribution in [0.1, 0.15) is 18.4 Å². The second-order valence-corrected chi connectivity index (χ2v) is 6.57. The number of hydrogen-bond donors (Lipinski definition) is 0. The molecular formula is C17H12BrF6NO. The number of nitrogens with zero attached hydrogens (tertiary/aromatic N) is 1.